The molecule has 0 saturated heterocycles. The summed E-state index contributed by atoms with van der Waals surface area (Å²) < 4.78 is 26.8. The summed E-state index contributed by atoms with van der Waals surface area (Å²) in [6, 6.07) is 9.44. The molecule has 0 radical (unpaired) electrons. The van der Waals surface area contributed by atoms with Gasteiger partial charge in [-0.15, -0.1) is 10.2 Å². The Morgan fingerprint density at radius 3 is 2.38 bits per heavy atom. The first-order valence-corrected chi connectivity index (χ1v) is 8.62. The second-order valence-corrected chi connectivity index (χ2v) is 6.98. The fourth-order valence-electron chi connectivity index (χ4n) is 1.91. The van der Waals surface area contributed by atoms with Crippen LogP contribution >= 0.6 is 0 Å². The number of carboxylic acid groups (broad SMARTS) is 1. The number of aromatic carboxylic acids is 1. The van der Waals surface area contributed by atoms with Gasteiger partial charge in [0.25, 0.3) is 0 Å². The van der Waals surface area contributed by atoms with Gasteiger partial charge in [-0.2, -0.15) is 0 Å². The van der Waals surface area contributed by atoms with Gasteiger partial charge >= 0.3 is 5.97 Å². The Kier molecular flexibility index (Phi) is 5.47. The number of hydrogen-bond acceptors (Lipinski definition) is 6. The quantitative estimate of drug-likeness (QED) is 0.763. The molecule has 2 N–H and O–H groups in total. The summed E-state index contributed by atoms with van der Waals surface area (Å²) in [5.41, 5.74) is 0.837. The monoisotopic (exact) mass is 350 g/mol. The average Bonchev–Trinajstić information content (AvgIpc) is 2.55. The number of benzene rings is 1. The van der Waals surface area contributed by atoms with E-state index >= 15 is 0 Å². The van der Waals surface area contributed by atoms with Crippen LogP contribution in [-0.4, -0.2) is 49.8 Å². The van der Waals surface area contributed by atoms with E-state index in [0.29, 0.717) is 12.4 Å². The molecule has 0 aliphatic heterocycles. The molecule has 8 nitrogen and oxygen atoms in total. The predicted octanol–water partition coefficient (Wildman–Crippen LogP) is 0.898. The minimum atomic E-state index is -3.56. The highest BCUT2D eigenvalue weighted by atomic mass is 32.2. The first-order chi connectivity index (χ1) is 11.3. The number of hydrogen-bond donors (Lipinski definition) is 2. The van der Waals surface area contributed by atoms with Gasteiger partial charge in [-0.25, -0.2) is 17.9 Å². The Hall–Kier alpha value is -2.52. The van der Waals surface area contributed by atoms with Crippen LogP contribution in [0.25, 0.3) is 0 Å². The second kappa shape index (κ2) is 7.37. The number of nitrogens with zero attached hydrogens (tertiary/aromatic N) is 3. The van der Waals surface area contributed by atoms with Gasteiger partial charge in [0, 0.05) is 20.1 Å². The number of rotatable bonds is 7. The third-order valence-electron chi connectivity index (χ3n) is 3.33. The summed E-state index contributed by atoms with van der Waals surface area (Å²) in [6.45, 7) is 2.41. The van der Waals surface area contributed by atoms with Crippen LogP contribution in [-0.2, 0) is 10.0 Å². The molecule has 24 heavy (non-hydrogen) atoms. The number of carboxylic acids is 1. The molecule has 0 saturated carbocycles. The van der Waals surface area contributed by atoms with Crippen molar-refractivity contribution in [1.29, 1.82) is 0 Å². The van der Waals surface area contributed by atoms with Crippen LogP contribution in [0.5, 0.6) is 0 Å². The lowest BCUT2D eigenvalue weighted by Gasteiger charge is -2.17. The number of nitrogens with one attached hydrogen (secondary N) is 1. The Labute approximate surface area is 140 Å². The molecule has 2 aromatic rings. The van der Waals surface area contributed by atoms with Crippen molar-refractivity contribution >= 4 is 21.8 Å². The highest BCUT2D eigenvalue weighted by Gasteiger charge is 2.14. The average molecular weight is 350 g/mol. The van der Waals surface area contributed by atoms with E-state index in [1.165, 1.54) is 12.1 Å². The van der Waals surface area contributed by atoms with E-state index in [1.807, 2.05) is 6.92 Å². The Morgan fingerprint density at radius 1 is 1.17 bits per heavy atom. The fourth-order valence-corrected chi connectivity index (χ4v) is 2.93. The van der Waals surface area contributed by atoms with Gasteiger partial charge in [0.15, 0.2) is 11.5 Å². The van der Waals surface area contributed by atoms with E-state index in [9.17, 15) is 13.2 Å². The van der Waals surface area contributed by atoms with Gasteiger partial charge in [0.2, 0.25) is 10.0 Å². The molecule has 1 aromatic heterocycles. The van der Waals surface area contributed by atoms with E-state index in [4.69, 9.17) is 5.11 Å². The molecule has 1 aromatic carbocycles. The van der Waals surface area contributed by atoms with Crippen LogP contribution in [0.15, 0.2) is 41.3 Å². The molecule has 128 valence electrons. The molecule has 0 fully saturated rings. The summed E-state index contributed by atoms with van der Waals surface area (Å²) in [7, 11) is -1.85. The molecular weight excluding hydrogens is 332 g/mol. The molecule has 0 unspecified atom stereocenters. The minimum absolute atomic E-state index is 0.146. The number of anilines is 1. The van der Waals surface area contributed by atoms with Gasteiger partial charge in [-0.1, -0.05) is 17.7 Å². The van der Waals surface area contributed by atoms with Gasteiger partial charge in [-0.3, -0.25) is 0 Å². The zero-order chi connectivity index (χ0) is 17.7. The lowest BCUT2D eigenvalue weighted by molar-refractivity contribution is 0.0689. The SMILES string of the molecule is Cc1ccc(S(=O)(=O)NCCN(C)c2ccc(C(=O)O)nn2)cc1. The maximum Gasteiger partial charge on any atom is 0.356 e. The molecular formula is C15H18N4O4S. The maximum atomic E-state index is 12.2. The van der Waals surface area contributed by atoms with Gasteiger partial charge in [0.1, 0.15) is 0 Å². The minimum Gasteiger partial charge on any atom is -0.476 e. The van der Waals surface area contributed by atoms with Crippen molar-refractivity contribution in [2.45, 2.75) is 11.8 Å². The number of carbonyl (C=O) groups is 1. The van der Waals surface area contributed by atoms with E-state index in [0.717, 1.165) is 5.56 Å². The third-order valence-corrected chi connectivity index (χ3v) is 4.81. The normalized spacial score (nSPS) is 11.2. The summed E-state index contributed by atoms with van der Waals surface area (Å²) in [4.78, 5) is 12.6. The van der Waals surface area contributed by atoms with E-state index in [-0.39, 0.29) is 17.1 Å². The van der Waals surface area contributed by atoms with Crippen LogP contribution in [0, 0.1) is 6.92 Å². The van der Waals surface area contributed by atoms with Crippen LogP contribution in [0.1, 0.15) is 16.1 Å². The molecule has 1 heterocycles. The standard InChI is InChI=1S/C15H18N4O4S/c1-11-3-5-12(6-4-11)24(22,23)16-9-10-19(2)14-8-7-13(15(20)21)17-18-14/h3-8,16H,9-10H2,1-2H3,(H,20,21). The molecule has 0 aliphatic rings. The van der Waals surface area contributed by atoms with E-state index in [2.05, 4.69) is 14.9 Å². The molecule has 0 spiro atoms. The Morgan fingerprint density at radius 2 is 1.83 bits per heavy atom. The number of aromatic nitrogens is 2. The summed E-state index contributed by atoms with van der Waals surface area (Å²) in [5.74, 6) is -0.697. The van der Waals surface area contributed by atoms with Crippen molar-refractivity contribution in [1.82, 2.24) is 14.9 Å². The first kappa shape index (κ1) is 17.8. The molecule has 0 amide bonds. The Balaban J connectivity index is 1.93. The lowest BCUT2D eigenvalue weighted by Crippen LogP contribution is -2.33. The van der Waals surface area contributed by atoms with Crippen LogP contribution < -0.4 is 9.62 Å². The van der Waals surface area contributed by atoms with Gasteiger partial charge in [-0.05, 0) is 31.2 Å². The van der Waals surface area contributed by atoms with Crippen molar-refractivity contribution < 1.29 is 18.3 Å². The number of sulfonamides is 1. The third kappa shape index (κ3) is 4.49. The number of likely N-dealkylation sites (N-methyl/N-ethyl adjacent to an activating group) is 1. The summed E-state index contributed by atoms with van der Waals surface area (Å²) in [5, 5.41) is 16.2. The van der Waals surface area contributed by atoms with Gasteiger partial charge < -0.3 is 10.0 Å². The van der Waals surface area contributed by atoms with Crippen LogP contribution in [0.3, 0.4) is 0 Å². The van der Waals surface area contributed by atoms with Crippen molar-refractivity contribution in [3.63, 3.8) is 0 Å². The smallest absolute Gasteiger partial charge is 0.356 e. The topological polar surface area (TPSA) is 112 Å². The summed E-state index contributed by atoms with van der Waals surface area (Å²) >= 11 is 0. The van der Waals surface area contributed by atoms with Crippen molar-refractivity contribution in [3.8, 4) is 0 Å². The second-order valence-electron chi connectivity index (χ2n) is 5.21. The summed E-state index contributed by atoms with van der Waals surface area (Å²) in [6.07, 6.45) is 0. The van der Waals surface area contributed by atoms with Crippen molar-refractivity contribution in [3.05, 3.63) is 47.7 Å². The van der Waals surface area contributed by atoms with Crippen molar-refractivity contribution in [2.24, 2.45) is 0 Å². The van der Waals surface area contributed by atoms with E-state index in [1.54, 1.807) is 36.2 Å². The molecule has 9 heteroatoms. The lowest BCUT2D eigenvalue weighted by atomic mass is 10.2. The largest absolute Gasteiger partial charge is 0.476 e. The first-order valence-electron chi connectivity index (χ1n) is 7.14. The highest BCUT2D eigenvalue weighted by molar-refractivity contribution is 7.89. The van der Waals surface area contributed by atoms with Crippen molar-refractivity contribution in [2.75, 3.05) is 25.0 Å². The molecule has 2 rings (SSSR count). The Bertz CT molecular complexity index is 804. The number of aryl methyl sites for hydroxylation is 1. The predicted molar refractivity (Wildman–Crippen MR) is 88.6 cm³/mol. The zero-order valence-corrected chi connectivity index (χ0v) is 14.1. The molecule has 0 aliphatic carbocycles. The molecule has 0 atom stereocenters. The van der Waals surface area contributed by atoms with Crippen LogP contribution in [0.4, 0.5) is 5.82 Å². The van der Waals surface area contributed by atoms with Gasteiger partial charge in [0.05, 0.1) is 4.90 Å². The zero-order valence-electron chi connectivity index (χ0n) is 13.3. The highest BCUT2D eigenvalue weighted by Crippen LogP contribution is 2.10. The molecule has 0 bridgehead atoms. The maximum absolute atomic E-state index is 12.2. The van der Waals surface area contributed by atoms with E-state index < -0.39 is 16.0 Å². The fraction of sp³-hybridized carbons (Fsp3) is 0.267. The van der Waals surface area contributed by atoms with Crippen LogP contribution in [0.2, 0.25) is 0 Å².